The molecule has 0 fully saturated rings. The van der Waals surface area contributed by atoms with Gasteiger partial charge in [-0.05, 0) is 112 Å². The van der Waals surface area contributed by atoms with Crippen LogP contribution in [-0.4, -0.2) is 4.21 Å². The molecule has 2 atom stereocenters. The Morgan fingerprint density at radius 2 is 1.08 bits per heavy atom. The molecule has 6 aromatic carbocycles. The van der Waals surface area contributed by atoms with Gasteiger partial charge in [0.15, 0.2) is 25.5 Å². The zero-order valence-electron chi connectivity index (χ0n) is 27.3. The number of rotatable bonds is 5. The summed E-state index contributed by atoms with van der Waals surface area (Å²) >= 11 is 3.22. The van der Waals surface area contributed by atoms with Crippen molar-refractivity contribution in [1.29, 1.82) is 0 Å². The Kier molecular flexibility index (Phi) is 8.12. The number of hydrogen-bond donors (Lipinski definition) is 0. The van der Waals surface area contributed by atoms with Crippen LogP contribution in [-0.2, 0) is 21.7 Å². The first-order valence-corrected chi connectivity index (χ1v) is 19.9. The van der Waals surface area contributed by atoms with Gasteiger partial charge in [-0.25, -0.2) is 4.21 Å². The summed E-state index contributed by atoms with van der Waals surface area (Å²) in [7, 11) is -2.02. The minimum atomic E-state index is -1.49. The van der Waals surface area contributed by atoms with Crippen LogP contribution in [0.1, 0.15) is 22.3 Å². The first kappa shape index (κ1) is 31.8. The van der Waals surface area contributed by atoms with E-state index in [1.165, 1.54) is 16.0 Å². The SMILES string of the molecule is Cc1ccc(C)c([S+](c2ccc3sc4ccccc4c(=O)c3c2)c2cc(C)c(S(=O)c3ccc4sc5ccccc5c(=O)c4c3)cc2C)c1. The summed E-state index contributed by atoms with van der Waals surface area (Å²) in [4.78, 5) is 31.9. The monoisotopic (exact) mass is 711 g/mol. The highest BCUT2D eigenvalue weighted by molar-refractivity contribution is 7.97. The molecular weight excluding hydrogens is 681 g/mol. The molecule has 3 nitrogen and oxygen atoms in total. The molecule has 0 saturated heterocycles. The summed E-state index contributed by atoms with van der Waals surface area (Å²) in [6.45, 7) is 8.35. The van der Waals surface area contributed by atoms with Crippen molar-refractivity contribution in [2.24, 2.45) is 0 Å². The average molecular weight is 712 g/mol. The van der Waals surface area contributed by atoms with Crippen molar-refractivity contribution in [1.82, 2.24) is 0 Å². The van der Waals surface area contributed by atoms with Gasteiger partial charge in [0, 0.05) is 67.3 Å². The normalized spacial score (nSPS) is 13.0. The molecule has 0 N–H and O–H groups in total. The molecule has 0 amide bonds. The molecule has 2 unspecified atom stereocenters. The number of benzene rings is 6. The van der Waals surface area contributed by atoms with Gasteiger partial charge in [0.2, 0.25) is 0 Å². The van der Waals surface area contributed by atoms with E-state index in [9.17, 15) is 13.8 Å². The highest BCUT2D eigenvalue weighted by Gasteiger charge is 2.34. The van der Waals surface area contributed by atoms with Gasteiger partial charge in [-0.2, -0.15) is 0 Å². The molecule has 0 radical (unpaired) electrons. The van der Waals surface area contributed by atoms with Crippen molar-refractivity contribution in [3.05, 3.63) is 158 Å². The van der Waals surface area contributed by atoms with E-state index >= 15 is 0 Å². The van der Waals surface area contributed by atoms with E-state index in [1.807, 2.05) is 73.7 Å². The summed E-state index contributed by atoms with van der Waals surface area (Å²) < 4.78 is 18.0. The summed E-state index contributed by atoms with van der Waals surface area (Å²) in [6.07, 6.45) is 0. The fourth-order valence-electron chi connectivity index (χ4n) is 6.42. The van der Waals surface area contributed by atoms with Gasteiger partial charge in [0.25, 0.3) is 0 Å². The van der Waals surface area contributed by atoms with Crippen LogP contribution in [0.2, 0.25) is 0 Å². The highest BCUT2D eigenvalue weighted by atomic mass is 32.2. The quantitative estimate of drug-likeness (QED) is 0.132. The van der Waals surface area contributed by atoms with E-state index in [1.54, 1.807) is 28.7 Å². The maximum Gasteiger partial charge on any atom is 0.196 e. The van der Waals surface area contributed by atoms with Gasteiger partial charge < -0.3 is 0 Å². The van der Waals surface area contributed by atoms with Crippen LogP contribution in [0.4, 0.5) is 0 Å². The zero-order chi connectivity index (χ0) is 34.0. The molecule has 8 aromatic rings. The predicted octanol–water partition coefficient (Wildman–Crippen LogP) is 10.6. The summed E-state index contributed by atoms with van der Waals surface area (Å²) in [5, 5.41) is 2.76. The number of aryl methyl sites for hydroxylation is 4. The first-order chi connectivity index (χ1) is 23.7. The maximum absolute atomic E-state index is 14.2. The third-order valence-electron chi connectivity index (χ3n) is 9.00. The molecule has 49 heavy (non-hydrogen) atoms. The lowest BCUT2D eigenvalue weighted by molar-refractivity contribution is 0.682. The Morgan fingerprint density at radius 1 is 0.510 bits per heavy atom. The van der Waals surface area contributed by atoms with Crippen molar-refractivity contribution in [3.63, 3.8) is 0 Å². The molecule has 7 heteroatoms. The van der Waals surface area contributed by atoms with Crippen LogP contribution >= 0.6 is 22.7 Å². The lowest BCUT2D eigenvalue weighted by Crippen LogP contribution is -2.11. The van der Waals surface area contributed by atoms with E-state index in [-0.39, 0.29) is 10.9 Å². The molecular formula is C42H31O3S4+. The number of hydrogen-bond acceptors (Lipinski definition) is 5. The second kappa shape index (κ2) is 12.5. The van der Waals surface area contributed by atoms with E-state index < -0.39 is 21.7 Å². The zero-order valence-corrected chi connectivity index (χ0v) is 30.6. The van der Waals surface area contributed by atoms with E-state index in [4.69, 9.17) is 0 Å². The third-order valence-corrected chi connectivity index (χ3v) is 15.3. The first-order valence-electron chi connectivity index (χ1n) is 15.9. The molecule has 2 aromatic heterocycles. The van der Waals surface area contributed by atoms with Crippen molar-refractivity contribution < 1.29 is 4.21 Å². The predicted molar refractivity (Wildman–Crippen MR) is 210 cm³/mol. The van der Waals surface area contributed by atoms with E-state index in [2.05, 4.69) is 63.2 Å². The Labute approximate surface area is 297 Å². The molecule has 8 rings (SSSR count). The van der Waals surface area contributed by atoms with Gasteiger partial charge in [0.05, 0.1) is 21.7 Å². The van der Waals surface area contributed by atoms with Crippen molar-refractivity contribution >= 4 is 84.7 Å². The van der Waals surface area contributed by atoms with Crippen LogP contribution in [0.3, 0.4) is 0 Å². The smallest absolute Gasteiger partial charge is 0.196 e. The molecule has 0 saturated carbocycles. The van der Waals surface area contributed by atoms with Crippen molar-refractivity contribution in [2.45, 2.75) is 52.2 Å². The second-order valence-corrected chi connectivity index (χ2v) is 18.0. The van der Waals surface area contributed by atoms with Crippen LogP contribution in [0, 0.1) is 27.7 Å². The molecule has 0 aliphatic heterocycles. The summed E-state index contributed by atoms with van der Waals surface area (Å²) in [5.74, 6) is 0. The van der Waals surface area contributed by atoms with E-state index in [0.717, 1.165) is 55.4 Å². The molecule has 0 bridgehead atoms. The van der Waals surface area contributed by atoms with Crippen LogP contribution in [0.25, 0.3) is 40.3 Å². The van der Waals surface area contributed by atoms with Gasteiger partial charge in [-0.1, -0.05) is 36.4 Å². The van der Waals surface area contributed by atoms with Gasteiger partial charge in [-0.3, -0.25) is 9.59 Å². The van der Waals surface area contributed by atoms with Crippen molar-refractivity contribution in [3.8, 4) is 0 Å². The molecule has 0 aliphatic rings. The van der Waals surface area contributed by atoms with Crippen LogP contribution in [0.5, 0.6) is 0 Å². The number of fused-ring (bicyclic) bond motifs is 4. The standard InChI is InChI=1S/C42H31O3S4/c1-24-13-14-25(2)38(19-24)48(28-15-17-36-32(22-28)41(43)30-9-5-7-11-34(30)46-36)39-20-27(4)40(21-26(39)3)49(45)29-16-18-37-33(23-29)42(44)31-10-6-8-12-35(31)47-37/h5-23H,1-4H3/q+1. The molecule has 0 aliphatic carbocycles. The lowest BCUT2D eigenvalue weighted by atomic mass is 10.2. The maximum atomic E-state index is 14.2. The molecule has 2 heterocycles. The highest BCUT2D eigenvalue weighted by Crippen LogP contribution is 2.39. The minimum Gasteiger partial charge on any atom is -0.289 e. The Balaban J connectivity index is 1.27. The van der Waals surface area contributed by atoms with E-state index in [0.29, 0.717) is 15.7 Å². The fraction of sp³-hybridized carbons (Fsp3) is 0.0952. The minimum absolute atomic E-state index is 0.0329. The fourth-order valence-corrected chi connectivity index (χ4v) is 12.4. The average Bonchev–Trinajstić information content (AvgIpc) is 3.11. The third kappa shape index (κ3) is 5.55. The summed E-state index contributed by atoms with van der Waals surface area (Å²) in [5.41, 5.74) is 4.32. The molecule has 240 valence electrons. The van der Waals surface area contributed by atoms with Gasteiger partial charge >= 0.3 is 0 Å². The summed E-state index contributed by atoms with van der Waals surface area (Å²) in [6, 6.07) is 38.2. The van der Waals surface area contributed by atoms with Crippen molar-refractivity contribution in [2.75, 3.05) is 0 Å². The largest absolute Gasteiger partial charge is 0.289 e. The Morgan fingerprint density at radius 3 is 1.76 bits per heavy atom. The molecule has 0 spiro atoms. The van der Waals surface area contributed by atoms with Crippen LogP contribution < -0.4 is 10.9 Å². The topological polar surface area (TPSA) is 51.2 Å². The Hall–Kier alpha value is -4.40. The van der Waals surface area contributed by atoms with Gasteiger partial charge in [0.1, 0.15) is 0 Å². The second-order valence-electron chi connectivity index (χ2n) is 12.4. The Bertz CT molecular complexity index is 2790. The van der Waals surface area contributed by atoms with Crippen LogP contribution in [0.15, 0.2) is 149 Å². The lowest BCUT2D eigenvalue weighted by Gasteiger charge is -2.16. The van der Waals surface area contributed by atoms with Gasteiger partial charge in [-0.15, -0.1) is 22.7 Å².